The van der Waals surface area contributed by atoms with E-state index in [9.17, 15) is 0 Å². The molecule has 0 fully saturated rings. The van der Waals surface area contributed by atoms with Gasteiger partial charge in [-0.25, -0.2) is 15.8 Å². The molecule has 3 rings (SSSR count). The number of hydrazine groups is 1. The summed E-state index contributed by atoms with van der Waals surface area (Å²) in [6.07, 6.45) is 5.50. The van der Waals surface area contributed by atoms with Crippen LogP contribution in [-0.4, -0.2) is 25.6 Å². The molecule has 1 aromatic carbocycles. The summed E-state index contributed by atoms with van der Waals surface area (Å²) in [5, 5.41) is 4.37. The fraction of sp³-hybridized carbons (Fsp3) is 0.214. The lowest BCUT2D eigenvalue weighted by Crippen LogP contribution is -2.22. The van der Waals surface area contributed by atoms with Crippen LogP contribution in [0.3, 0.4) is 0 Å². The highest BCUT2D eigenvalue weighted by atomic mass is 15.3. The lowest BCUT2D eigenvalue weighted by molar-refractivity contribution is 0.617. The van der Waals surface area contributed by atoms with Crippen LogP contribution in [0, 0.1) is 0 Å². The molecule has 0 aliphatic heterocycles. The third-order valence-corrected chi connectivity index (χ3v) is 3.16. The van der Waals surface area contributed by atoms with Gasteiger partial charge in [0.2, 0.25) is 5.95 Å². The third kappa shape index (κ3) is 2.92. The second-order valence-electron chi connectivity index (χ2n) is 4.86. The van der Waals surface area contributed by atoms with Crippen molar-refractivity contribution < 1.29 is 0 Å². The van der Waals surface area contributed by atoms with Crippen LogP contribution in [0.4, 0.5) is 11.8 Å². The van der Waals surface area contributed by atoms with Crippen LogP contribution < -0.4 is 16.6 Å². The van der Waals surface area contributed by atoms with Crippen LogP contribution in [0.1, 0.15) is 6.92 Å². The van der Waals surface area contributed by atoms with Gasteiger partial charge in [-0.2, -0.15) is 4.98 Å². The number of imidazole rings is 1. The quantitative estimate of drug-likeness (QED) is 0.486. The van der Waals surface area contributed by atoms with E-state index in [0.29, 0.717) is 5.95 Å². The van der Waals surface area contributed by atoms with E-state index in [1.165, 1.54) is 0 Å². The van der Waals surface area contributed by atoms with Crippen LogP contribution in [0.5, 0.6) is 0 Å². The topological polar surface area (TPSA) is 93.7 Å². The van der Waals surface area contributed by atoms with Gasteiger partial charge in [0.05, 0.1) is 11.8 Å². The predicted molar refractivity (Wildman–Crippen MR) is 82.7 cm³/mol. The standard InChI is InChI=1S/C14H17N7/c1-10(8-21-7-6-16-9-21)17-13-11-4-2-3-5-12(11)18-14(19-13)20-15/h2-7,9-10H,8,15H2,1H3,(H2,17,18,19,20). The first-order valence-electron chi connectivity index (χ1n) is 6.72. The largest absolute Gasteiger partial charge is 0.365 e. The van der Waals surface area contributed by atoms with Crippen molar-refractivity contribution in [2.45, 2.75) is 19.5 Å². The Morgan fingerprint density at radius 1 is 1.29 bits per heavy atom. The molecule has 0 amide bonds. The number of nitrogens with one attached hydrogen (secondary N) is 2. The highest BCUT2D eigenvalue weighted by Crippen LogP contribution is 2.22. The van der Waals surface area contributed by atoms with Gasteiger partial charge in [-0.1, -0.05) is 12.1 Å². The second-order valence-corrected chi connectivity index (χ2v) is 4.86. The smallest absolute Gasteiger partial charge is 0.239 e. The molecule has 0 aliphatic carbocycles. The Hall–Kier alpha value is -2.67. The van der Waals surface area contributed by atoms with Crippen molar-refractivity contribution in [3.8, 4) is 0 Å². The van der Waals surface area contributed by atoms with E-state index in [1.807, 2.05) is 35.0 Å². The monoisotopic (exact) mass is 283 g/mol. The summed E-state index contributed by atoms with van der Waals surface area (Å²) in [6.45, 7) is 2.89. The van der Waals surface area contributed by atoms with Crippen molar-refractivity contribution in [2.75, 3.05) is 10.7 Å². The molecule has 0 bridgehead atoms. The second kappa shape index (κ2) is 5.76. The molecule has 0 saturated heterocycles. The van der Waals surface area contributed by atoms with E-state index in [1.54, 1.807) is 12.5 Å². The number of para-hydroxylation sites is 1. The van der Waals surface area contributed by atoms with Gasteiger partial charge in [-0.05, 0) is 19.1 Å². The summed E-state index contributed by atoms with van der Waals surface area (Å²) in [5.41, 5.74) is 3.35. The molecule has 21 heavy (non-hydrogen) atoms. The van der Waals surface area contributed by atoms with Gasteiger partial charge in [0.15, 0.2) is 0 Å². The van der Waals surface area contributed by atoms with Crippen LogP contribution in [0.15, 0.2) is 43.0 Å². The zero-order valence-electron chi connectivity index (χ0n) is 11.7. The maximum absolute atomic E-state index is 5.44. The lowest BCUT2D eigenvalue weighted by atomic mass is 10.2. The normalized spacial score (nSPS) is 12.3. The zero-order valence-corrected chi connectivity index (χ0v) is 11.7. The van der Waals surface area contributed by atoms with Gasteiger partial charge in [-0.15, -0.1) is 0 Å². The Morgan fingerprint density at radius 3 is 2.90 bits per heavy atom. The molecular weight excluding hydrogens is 266 g/mol. The van der Waals surface area contributed by atoms with Crippen molar-refractivity contribution in [2.24, 2.45) is 5.84 Å². The molecule has 7 nitrogen and oxygen atoms in total. The SMILES string of the molecule is CC(Cn1ccnc1)Nc1nc(NN)nc2ccccc12. The van der Waals surface area contributed by atoms with E-state index in [2.05, 4.69) is 32.6 Å². The van der Waals surface area contributed by atoms with E-state index in [0.717, 1.165) is 23.3 Å². The summed E-state index contributed by atoms with van der Waals surface area (Å²) < 4.78 is 2.02. The summed E-state index contributed by atoms with van der Waals surface area (Å²) in [4.78, 5) is 12.8. The van der Waals surface area contributed by atoms with Gasteiger partial charge < -0.3 is 9.88 Å². The van der Waals surface area contributed by atoms with E-state index in [4.69, 9.17) is 5.84 Å². The molecule has 1 unspecified atom stereocenters. The van der Waals surface area contributed by atoms with Crippen molar-refractivity contribution in [3.63, 3.8) is 0 Å². The summed E-state index contributed by atoms with van der Waals surface area (Å²) in [6, 6.07) is 8.01. The number of nitrogens with two attached hydrogens (primary N) is 1. The van der Waals surface area contributed by atoms with Gasteiger partial charge in [0.1, 0.15) is 5.82 Å². The first kappa shape index (κ1) is 13.3. The molecule has 3 aromatic rings. The van der Waals surface area contributed by atoms with E-state index < -0.39 is 0 Å². The number of benzene rings is 1. The Morgan fingerprint density at radius 2 is 2.14 bits per heavy atom. The van der Waals surface area contributed by atoms with Crippen LogP contribution in [0.2, 0.25) is 0 Å². The van der Waals surface area contributed by atoms with Gasteiger partial charge in [0.25, 0.3) is 0 Å². The van der Waals surface area contributed by atoms with Crippen molar-refractivity contribution in [1.29, 1.82) is 0 Å². The Labute approximate surface area is 122 Å². The van der Waals surface area contributed by atoms with Crippen LogP contribution in [-0.2, 0) is 6.54 Å². The number of fused-ring (bicyclic) bond motifs is 1. The molecule has 0 radical (unpaired) electrons. The highest BCUT2D eigenvalue weighted by Gasteiger charge is 2.10. The maximum atomic E-state index is 5.44. The van der Waals surface area contributed by atoms with Crippen LogP contribution in [0.25, 0.3) is 10.9 Å². The summed E-state index contributed by atoms with van der Waals surface area (Å²) in [7, 11) is 0. The molecule has 2 aromatic heterocycles. The van der Waals surface area contributed by atoms with Crippen molar-refractivity contribution in [1.82, 2.24) is 19.5 Å². The number of aromatic nitrogens is 4. The average Bonchev–Trinajstić information content (AvgIpc) is 2.99. The van der Waals surface area contributed by atoms with Crippen molar-refractivity contribution >= 4 is 22.7 Å². The van der Waals surface area contributed by atoms with Crippen molar-refractivity contribution in [3.05, 3.63) is 43.0 Å². The minimum Gasteiger partial charge on any atom is -0.365 e. The molecule has 1 atom stereocenters. The van der Waals surface area contributed by atoms with E-state index >= 15 is 0 Å². The van der Waals surface area contributed by atoms with Crippen LogP contribution >= 0.6 is 0 Å². The Bertz CT molecular complexity index is 723. The molecule has 0 aliphatic rings. The number of hydrogen-bond acceptors (Lipinski definition) is 6. The average molecular weight is 283 g/mol. The zero-order chi connectivity index (χ0) is 14.7. The fourth-order valence-corrected chi connectivity index (χ4v) is 2.24. The highest BCUT2D eigenvalue weighted by molar-refractivity contribution is 5.90. The van der Waals surface area contributed by atoms with Gasteiger partial charge >= 0.3 is 0 Å². The van der Waals surface area contributed by atoms with E-state index in [-0.39, 0.29) is 6.04 Å². The minimum absolute atomic E-state index is 0.183. The van der Waals surface area contributed by atoms with Gasteiger partial charge in [-0.3, -0.25) is 5.43 Å². The lowest BCUT2D eigenvalue weighted by Gasteiger charge is -2.17. The molecule has 0 saturated carbocycles. The Kier molecular flexibility index (Phi) is 3.65. The summed E-state index contributed by atoms with van der Waals surface area (Å²) >= 11 is 0. The third-order valence-electron chi connectivity index (χ3n) is 3.16. The molecule has 0 spiro atoms. The molecular formula is C14H17N7. The Balaban J connectivity index is 1.88. The summed E-state index contributed by atoms with van der Waals surface area (Å²) in [5.74, 6) is 6.59. The molecule has 108 valence electrons. The first-order chi connectivity index (χ1) is 10.3. The van der Waals surface area contributed by atoms with Gasteiger partial charge in [0, 0.05) is 30.4 Å². The number of hydrogen-bond donors (Lipinski definition) is 3. The number of nitrogens with zero attached hydrogens (tertiary/aromatic N) is 4. The molecule has 4 N–H and O–H groups in total. The maximum Gasteiger partial charge on any atom is 0.239 e. The fourth-order valence-electron chi connectivity index (χ4n) is 2.24. The number of anilines is 2. The molecule has 7 heteroatoms. The predicted octanol–water partition coefficient (Wildman–Crippen LogP) is 1.61. The number of rotatable bonds is 5. The minimum atomic E-state index is 0.183. The number of nitrogen functional groups attached to an aromatic ring is 1. The molecule has 2 heterocycles. The first-order valence-corrected chi connectivity index (χ1v) is 6.72.